The molecule has 0 atom stereocenters. The van der Waals surface area contributed by atoms with Crippen LogP contribution in [0.5, 0.6) is 5.75 Å². The number of carbonyl (C=O) groups is 1. The van der Waals surface area contributed by atoms with E-state index in [4.69, 9.17) is 9.26 Å². The molecule has 0 unspecified atom stereocenters. The fourth-order valence-electron chi connectivity index (χ4n) is 1.97. The number of hydrogen-bond acceptors (Lipinski definition) is 6. The first-order valence-electron chi connectivity index (χ1n) is 7.34. The van der Waals surface area contributed by atoms with Gasteiger partial charge < -0.3 is 19.1 Å². The fraction of sp³-hybridized carbons (Fsp3) is 0.467. The maximum absolute atomic E-state index is 12.5. The van der Waals surface area contributed by atoms with Crippen LogP contribution in [0.1, 0.15) is 48.9 Å². The normalized spacial score (nSPS) is 10.8. The topological polar surface area (TPSA) is 101 Å². The highest BCUT2D eigenvalue weighted by atomic mass is 16.5. The fourth-order valence-corrected chi connectivity index (χ4v) is 1.97. The minimum absolute atomic E-state index is 0.149. The van der Waals surface area contributed by atoms with Crippen molar-refractivity contribution in [2.45, 2.75) is 33.2 Å². The summed E-state index contributed by atoms with van der Waals surface area (Å²) in [7, 11) is 1.40. The molecule has 0 aliphatic heterocycles. The van der Waals surface area contributed by atoms with Gasteiger partial charge >= 0.3 is 0 Å². The van der Waals surface area contributed by atoms with Crippen LogP contribution < -0.4 is 10.2 Å². The van der Waals surface area contributed by atoms with E-state index in [0.29, 0.717) is 18.3 Å². The molecule has 8 nitrogen and oxygen atoms in total. The van der Waals surface area contributed by atoms with Crippen molar-refractivity contribution in [2.75, 3.05) is 13.7 Å². The van der Waals surface area contributed by atoms with E-state index in [1.807, 2.05) is 20.8 Å². The highest BCUT2D eigenvalue weighted by Crippen LogP contribution is 2.12. The van der Waals surface area contributed by atoms with Crippen LogP contribution in [0.2, 0.25) is 0 Å². The third-order valence-electron chi connectivity index (χ3n) is 3.32. The van der Waals surface area contributed by atoms with E-state index in [0.717, 1.165) is 0 Å². The van der Waals surface area contributed by atoms with Gasteiger partial charge in [-0.1, -0.05) is 19.0 Å². The Kier molecular flexibility index (Phi) is 5.15. The monoisotopic (exact) mass is 320 g/mol. The summed E-state index contributed by atoms with van der Waals surface area (Å²) in [6.07, 6.45) is 1.37. The maximum Gasteiger partial charge on any atom is 0.270 e. The number of pyridine rings is 1. The Labute approximate surface area is 133 Å². The maximum atomic E-state index is 12.5. The highest BCUT2D eigenvalue weighted by molar-refractivity contribution is 5.92. The quantitative estimate of drug-likeness (QED) is 0.866. The number of H-pyrrole nitrogens is 1. The molecule has 0 bridgehead atoms. The van der Waals surface area contributed by atoms with Gasteiger partial charge in [-0.3, -0.25) is 9.59 Å². The minimum atomic E-state index is -0.356. The van der Waals surface area contributed by atoms with Crippen molar-refractivity contribution < 1.29 is 14.1 Å². The molecule has 0 aliphatic carbocycles. The van der Waals surface area contributed by atoms with Gasteiger partial charge in [0.15, 0.2) is 11.6 Å². The smallest absolute Gasteiger partial charge is 0.270 e. The van der Waals surface area contributed by atoms with Crippen molar-refractivity contribution in [3.05, 3.63) is 39.9 Å². The molecule has 0 saturated heterocycles. The number of aromatic amines is 1. The number of rotatable bonds is 6. The lowest BCUT2D eigenvalue weighted by Crippen LogP contribution is -2.31. The molecule has 2 aromatic rings. The molecular formula is C15H20N4O4. The number of amides is 1. The van der Waals surface area contributed by atoms with Gasteiger partial charge in [0, 0.05) is 24.7 Å². The third kappa shape index (κ3) is 3.77. The molecular weight excluding hydrogens is 300 g/mol. The summed E-state index contributed by atoms with van der Waals surface area (Å²) in [5.41, 5.74) is -0.174. The van der Waals surface area contributed by atoms with Gasteiger partial charge in [-0.25, -0.2) is 0 Å². The van der Waals surface area contributed by atoms with E-state index in [2.05, 4.69) is 15.1 Å². The molecule has 0 fully saturated rings. The van der Waals surface area contributed by atoms with E-state index >= 15 is 0 Å². The largest absolute Gasteiger partial charge is 0.491 e. The second kappa shape index (κ2) is 7.08. The average molecular weight is 320 g/mol. The zero-order valence-electron chi connectivity index (χ0n) is 13.6. The Morgan fingerprint density at radius 2 is 2.22 bits per heavy atom. The van der Waals surface area contributed by atoms with Crippen LogP contribution in [0, 0.1) is 0 Å². The number of methoxy groups -OCH3 is 1. The summed E-state index contributed by atoms with van der Waals surface area (Å²) in [6, 6.07) is 1.22. The van der Waals surface area contributed by atoms with Crippen LogP contribution in [0.4, 0.5) is 0 Å². The molecule has 2 aromatic heterocycles. The number of ether oxygens (including phenoxy) is 1. The van der Waals surface area contributed by atoms with Gasteiger partial charge in [0.1, 0.15) is 12.2 Å². The first-order valence-corrected chi connectivity index (χ1v) is 7.34. The van der Waals surface area contributed by atoms with Crippen molar-refractivity contribution in [3.63, 3.8) is 0 Å². The van der Waals surface area contributed by atoms with Crippen LogP contribution in [0.3, 0.4) is 0 Å². The summed E-state index contributed by atoms with van der Waals surface area (Å²) in [4.78, 5) is 32.8. The minimum Gasteiger partial charge on any atom is -0.491 e. The van der Waals surface area contributed by atoms with E-state index in [1.165, 1.54) is 24.3 Å². The first-order chi connectivity index (χ1) is 11.0. The molecule has 2 heterocycles. The lowest BCUT2D eigenvalue weighted by molar-refractivity contribution is 0.0728. The predicted molar refractivity (Wildman–Crippen MR) is 82.4 cm³/mol. The molecule has 0 saturated carbocycles. The summed E-state index contributed by atoms with van der Waals surface area (Å²) < 4.78 is 10.0. The molecule has 23 heavy (non-hydrogen) atoms. The standard InChI is InChI=1S/C15H20N4O4/c1-5-19(8-13-17-14(9(2)3)18-23-13)15(21)10-6-11(20)12(22-4)7-16-10/h6-7,9H,5,8H2,1-4H3,(H,16,20). The SMILES string of the molecule is CCN(Cc1nc(C(C)C)no1)C(=O)c1cc(=O)c(OC)c[nH]1. The second-order valence-electron chi connectivity index (χ2n) is 5.30. The Hall–Kier alpha value is -2.64. The van der Waals surface area contributed by atoms with Crippen LogP contribution in [-0.4, -0.2) is 39.6 Å². The zero-order valence-corrected chi connectivity index (χ0v) is 13.6. The predicted octanol–water partition coefficient (Wildman–Crippen LogP) is 1.55. The Morgan fingerprint density at radius 3 is 2.74 bits per heavy atom. The number of nitrogens with one attached hydrogen (secondary N) is 1. The Balaban J connectivity index is 2.17. The summed E-state index contributed by atoms with van der Waals surface area (Å²) in [5.74, 6) is 0.942. The van der Waals surface area contributed by atoms with Gasteiger partial charge in [0.05, 0.1) is 7.11 Å². The number of nitrogens with zero attached hydrogens (tertiary/aromatic N) is 3. The molecule has 8 heteroatoms. The molecule has 124 valence electrons. The molecule has 0 aromatic carbocycles. The van der Waals surface area contributed by atoms with Crippen molar-refractivity contribution in [3.8, 4) is 5.75 Å². The summed E-state index contributed by atoms with van der Waals surface area (Å²) >= 11 is 0. The van der Waals surface area contributed by atoms with Crippen LogP contribution in [0.25, 0.3) is 0 Å². The molecule has 0 radical (unpaired) electrons. The average Bonchev–Trinajstić information content (AvgIpc) is 3.00. The van der Waals surface area contributed by atoms with Gasteiger partial charge in [-0.05, 0) is 6.92 Å². The van der Waals surface area contributed by atoms with Gasteiger partial charge in [-0.2, -0.15) is 4.98 Å². The van der Waals surface area contributed by atoms with Crippen LogP contribution >= 0.6 is 0 Å². The van der Waals surface area contributed by atoms with E-state index < -0.39 is 0 Å². The first kappa shape index (κ1) is 16.7. The highest BCUT2D eigenvalue weighted by Gasteiger charge is 2.20. The molecule has 1 amide bonds. The van der Waals surface area contributed by atoms with Gasteiger partial charge in [-0.15, -0.1) is 0 Å². The lowest BCUT2D eigenvalue weighted by Gasteiger charge is -2.18. The van der Waals surface area contributed by atoms with Gasteiger partial charge in [0.25, 0.3) is 5.91 Å². The second-order valence-corrected chi connectivity index (χ2v) is 5.30. The van der Waals surface area contributed by atoms with Crippen molar-refractivity contribution in [2.24, 2.45) is 0 Å². The van der Waals surface area contributed by atoms with Crippen LogP contribution in [-0.2, 0) is 6.54 Å². The summed E-state index contributed by atoms with van der Waals surface area (Å²) in [5, 5.41) is 3.87. The van der Waals surface area contributed by atoms with Crippen molar-refractivity contribution in [1.82, 2.24) is 20.0 Å². The molecule has 0 aliphatic rings. The van der Waals surface area contributed by atoms with E-state index in [9.17, 15) is 9.59 Å². The van der Waals surface area contributed by atoms with E-state index in [1.54, 1.807) is 0 Å². The lowest BCUT2D eigenvalue weighted by atomic mass is 10.2. The molecule has 2 rings (SSSR count). The Bertz CT molecular complexity index is 735. The third-order valence-corrected chi connectivity index (χ3v) is 3.32. The van der Waals surface area contributed by atoms with Crippen molar-refractivity contribution in [1.29, 1.82) is 0 Å². The summed E-state index contributed by atoms with van der Waals surface area (Å²) in [6.45, 7) is 6.37. The molecule has 0 spiro atoms. The number of aromatic nitrogens is 3. The Morgan fingerprint density at radius 1 is 1.48 bits per heavy atom. The van der Waals surface area contributed by atoms with Crippen LogP contribution in [0.15, 0.2) is 21.6 Å². The molecule has 1 N–H and O–H groups in total. The van der Waals surface area contributed by atoms with Crippen molar-refractivity contribution >= 4 is 5.91 Å². The van der Waals surface area contributed by atoms with E-state index in [-0.39, 0.29) is 35.2 Å². The van der Waals surface area contributed by atoms with Gasteiger partial charge in [0.2, 0.25) is 11.3 Å². The number of hydrogen-bond donors (Lipinski definition) is 1. The number of carbonyl (C=O) groups excluding carboxylic acids is 1. The zero-order chi connectivity index (χ0) is 17.0.